The zero-order chi connectivity index (χ0) is 16.3. The molecule has 0 unspecified atom stereocenters. The molecule has 3 rings (SSSR count). The number of amides is 1. The molecule has 0 atom stereocenters. The Morgan fingerprint density at radius 2 is 2.09 bits per heavy atom. The minimum absolute atomic E-state index is 0.0277. The normalized spacial score (nSPS) is 15.5. The van der Waals surface area contributed by atoms with E-state index in [1.54, 1.807) is 25.2 Å². The minimum Gasteiger partial charge on any atom is -0.508 e. The molecule has 0 spiro atoms. The molecule has 23 heavy (non-hydrogen) atoms. The Labute approximate surface area is 135 Å². The van der Waals surface area contributed by atoms with Gasteiger partial charge in [0.1, 0.15) is 11.6 Å². The van der Waals surface area contributed by atoms with Crippen molar-refractivity contribution >= 4 is 11.7 Å². The number of hydrogen-bond acceptors (Lipinski definition) is 5. The molecule has 1 aromatic heterocycles. The molecule has 0 radical (unpaired) electrons. The van der Waals surface area contributed by atoms with Crippen LogP contribution in [0.25, 0.3) is 0 Å². The topological polar surface area (TPSA) is 87.1 Å². The highest BCUT2D eigenvalue weighted by Crippen LogP contribution is 2.44. The molecule has 120 valence electrons. The van der Waals surface area contributed by atoms with Gasteiger partial charge in [-0.1, -0.05) is 18.6 Å². The molecule has 0 saturated heterocycles. The van der Waals surface area contributed by atoms with Crippen LogP contribution in [-0.2, 0) is 5.41 Å². The molecule has 0 bridgehead atoms. The van der Waals surface area contributed by atoms with Crippen LogP contribution >= 0.6 is 0 Å². The zero-order valence-electron chi connectivity index (χ0n) is 13.0. The number of nitrogens with zero attached hydrogens (tertiary/aromatic N) is 2. The summed E-state index contributed by atoms with van der Waals surface area (Å²) in [5, 5.41) is 23.5. The first-order valence-corrected chi connectivity index (χ1v) is 7.72. The summed E-state index contributed by atoms with van der Waals surface area (Å²) in [5.74, 6) is 0.687. The molecule has 1 aliphatic carbocycles. The fraction of sp³-hybridized carbons (Fsp3) is 0.353. The predicted molar refractivity (Wildman–Crippen MR) is 87.5 cm³/mol. The Bertz CT molecular complexity index is 696. The van der Waals surface area contributed by atoms with E-state index in [2.05, 4.69) is 26.9 Å². The third-order valence-electron chi connectivity index (χ3n) is 4.50. The van der Waals surface area contributed by atoms with E-state index >= 15 is 0 Å². The first kappa shape index (κ1) is 15.3. The second kappa shape index (κ2) is 6.24. The van der Waals surface area contributed by atoms with Gasteiger partial charge in [0.15, 0.2) is 5.69 Å². The number of rotatable bonds is 5. The highest BCUT2D eigenvalue weighted by atomic mass is 16.3. The summed E-state index contributed by atoms with van der Waals surface area (Å²) < 4.78 is 0. The summed E-state index contributed by atoms with van der Waals surface area (Å²) in [6, 6.07) is 10.9. The lowest BCUT2D eigenvalue weighted by Gasteiger charge is -2.42. The van der Waals surface area contributed by atoms with Gasteiger partial charge in [-0.05, 0) is 42.7 Å². The third-order valence-corrected chi connectivity index (χ3v) is 4.50. The van der Waals surface area contributed by atoms with Crippen molar-refractivity contribution in [2.75, 3.05) is 18.9 Å². The van der Waals surface area contributed by atoms with Gasteiger partial charge in [0, 0.05) is 19.0 Å². The number of carbonyl (C=O) groups excluding carboxylic acids is 1. The van der Waals surface area contributed by atoms with E-state index in [0.717, 1.165) is 24.9 Å². The standard InChI is InChI=1S/C17H20N4O2/c1-18-16(23)14-6-7-15(21-20-14)19-11-17(8-3-9-17)12-4-2-5-13(22)10-12/h2,4-7,10,22H,3,8-9,11H2,1H3,(H,18,23)(H,19,21). The van der Waals surface area contributed by atoms with Gasteiger partial charge < -0.3 is 15.7 Å². The number of phenolic OH excluding ortho intramolecular Hbond substituents is 1. The maximum absolute atomic E-state index is 11.5. The van der Waals surface area contributed by atoms with Crippen molar-refractivity contribution in [3.05, 3.63) is 47.7 Å². The van der Waals surface area contributed by atoms with Crippen LogP contribution in [0.3, 0.4) is 0 Å². The molecular weight excluding hydrogens is 292 g/mol. The van der Waals surface area contributed by atoms with Gasteiger partial charge in [-0.15, -0.1) is 10.2 Å². The molecule has 6 heteroatoms. The van der Waals surface area contributed by atoms with Gasteiger partial charge in [-0.3, -0.25) is 4.79 Å². The van der Waals surface area contributed by atoms with E-state index in [0.29, 0.717) is 17.3 Å². The Hall–Kier alpha value is -2.63. The van der Waals surface area contributed by atoms with Crippen molar-refractivity contribution in [3.63, 3.8) is 0 Å². The SMILES string of the molecule is CNC(=O)c1ccc(NCC2(c3cccc(O)c3)CCC2)nn1. The average Bonchev–Trinajstić information content (AvgIpc) is 2.54. The van der Waals surface area contributed by atoms with Gasteiger partial charge in [-0.25, -0.2) is 0 Å². The van der Waals surface area contributed by atoms with E-state index < -0.39 is 0 Å². The van der Waals surface area contributed by atoms with Crippen molar-refractivity contribution in [3.8, 4) is 5.75 Å². The van der Waals surface area contributed by atoms with Crippen molar-refractivity contribution < 1.29 is 9.90 Å². The Morgan fingerprint density at radius 1 is 1.26 bits per heavy atom. The lowest BCUT2D eigenvalue weighted by Crippen LogP contribution is -2.41. The number of nitrogens with one attached hydrogen (secondary N) is 2. The highest BCUT2D eigenvalue weighted by molar-refractivity contribution is 5.91. The fourth-order valence-electron chi connectivity index (χ4n) is 2.94. The van der Waals surface area contributed by atoms with Crippen LogP contribution in [0.5, 0.6) is 5.75 Å². The second-order valence-electron chi connectivity index (χ2n) is 5.92. The Morgan fingerprint density at radius 3 is 2.65 bits per heavy atom. The molecule has 1 saturated carbocycles. The molecule has 6 nitrogen and oxygen atoms in total. The summed E-state index contributed by atoms with van der Waals surface area (Å²) in [4.78, 5) is 11.5. The number of benzene rings is 1. The number of carbonyl (C=O) groups is 1. The first-order valence-electron chi connectivity index (χ1n) is 7.72. The molecule has 3 N–H and O–H groups in total. The molecule has 1 aromatic carbocycles. The summed E-state index contributed by atoms with van der Waals surface area (Å²) in [6.07, 6.45) is 3.33. The third kappa shape index (κ3) is 3.11. The summed E-state index contributed by atoms with van der Waals surface area (Å²) >= 11 is 0. The van der Waals surface area contributed by atoms with Crippen molar-refractivity contribution in [2.45, 2.75) is 24.7 Å². The van der Waals surface area contributed by atoms with Gasteiger partial charge >= 0.3 is 0 Å². The monoisotopic (exact) mass is 312 g/mol. The number of aromatic nitrogens is 2. The molecule has 1 heterocycles. The summed E-state index contributed by atoms with van der Waals surface area (Å²) in [5.41, 5.74) is 1.47. The minimum atomic E-state index is -0.251. The van der Waals surface area contributed by atoms with Crippen LogP contribution in [0.15, 0.2) is 36.4 Å². The Balaban J connectivity index is 1.70. The zero-order valence-corrected chi connectivity index (χ0v) is 13.0. The van der Waals surface area contributed by atoms with E-state index in [-0.39, 0.29) is 11.3 Å². The Kier molecular flexibility index (Phi) is 4.14. The number of aromatic hydroxyl groups is 1. The van der Waals surface area contributed by atoms with Gasteiger partial charge in [-0.2, -0.15) is 0 Å². The fourth-order valence-corrected chi connectivity index (χ4v) is 2.94. The number of hydrogen-bond donors (Lipinski definition) is 3. The molecular formula is C17H20N4O2. The van der Waals surface area contributed by atoms with Crippen molar-refractivity contribution in [1.82, 2.24) is 15.5 Å². The maximum Gasteiger partial charge on any atom is 0.271 e. The maximum atomic E-state index is 11.5. The van der Waals surface area contributed by atoms with E-state index in [1.165, 1.54) is 6.42 Å². The number of anilines is 1. The highest BCUT2D eigenvalue weighted by Gasteiger charge is 2.38. The van der Waals surface area contributed by atoms with Crippen LogP contribution in [0.4, 0.5) is 5.82 Å². The van der Waals surface area contributed by atoms with Gasteiger partial charge in [0.2, 0.25) is 0 Å². The van der Waals surface area contributed by atoms with E-state index in [1.807, 2.05) is 12.1 Å². The molecule has 1 aliphatic rings. The largest absolute Gasteiger partial charge is 0.508 e. The molecule has 0 aliphatic heterocycles. The lowest BCUT2D eigenvalue weighted by atomic mass is 9.64. The van der Waals surface area contributed by atoms with Gasteiger partial charge in [0.25, 0.3) is 5.91 Å². The van der Waals surface area contributed by atoms with Crippen LogP contribution in [-0.4, -0.2) is 34.8 Å². The van der Waals surface area contributed by atoms with Crippen LogP contribution in [0.2, 0.25) is 0 Å². The second-order valence-corrected chi connectivity index (χ2v) is 5.92. The van der Waals surface area contributed by atoms with Crippen molar-refractivity contribution in [2.24, 2.45) is 0 Å². The number of phenols is 1. The van der Waals surface area contributed by atoms with E-state index in [9.17, 15) is 9.90 Å². The molecule has 1 amide bonds. The average molecular weight is 312 g/mol. The smallest absolute Gasteiger partial charge is 0.271 e. The first-order chi connectivity index (χ1) is 11.1. The van der Waals surface area contributed by atoms with Gasteiger partial charge in [0.05, 0.1) is 0 Å². The summed E-state index contributed by atoms with van der Waals surface area (Å²) in [6.45, 7) is 0.727. The van der Waals surface area contributed by atoms with Crippen LogP contribution < -0.4 is 10.6 Å². The van der Waals surface area contributed by atoms with E-state index in [4.69, 9.17) is 0 Å². The lowest BCUT2D eigenvalue weighted by molar-refractivity contribution is 0.0957. The predicted octanol–water partition coefficient (Wildman–Crippen LogP) is 2.08. The quantitative estimate of drug-likeness (QED) is 0.787. The molecule has 1 fully saturated rings. The van der Waals surface area contributed by atoms with Crippen LogP contribution in [0, 0.1) is 0 Å². The summed E-state index contributed by atoms with van der Waals surface area (Å²) in [7, 11) is 1.56. The molecule has 2 aromatic rings. The van der Waals surface area contributed by atoms with Crippen LogP contribution in [0.1, 0.15) is 35.3 Å². The van der Waals surface area contributed by atoms with Crippen molar-refractivity contribution in [1.29, 1.82) is 0 Å².